The van der Waals surface area contributed by atoms with E-state index in [1.165, 1.54) is 0 Å². The van der Waals surface area contributed by atoms with E-state index in [2.05, 4.69) is 14.6 Å². The van der Waals surface area contributed by atoms with Crippen molar-refractivity contribution in [2.24, 2.45) is 11.8 Å². The van der Waals surface area contributed by atoms with Crippen LogP contribution in [-0.4, -0.2) is 55.9 Å². The first-order valence-electron chi connectivity index (χ1n) is 8.34. The maximum atomic E-state index is 12.0. The molecule has 3 aliphatic rings. The van der Waals surface area contributed by atoms with Crippen molar-refractivity contribution in [3.63, 3.8) is 0 Å². The van der Waals surface area contributed by atoms with Gasteiger partial charge in [0.05, 0.1) is 23.7 Å². The topological polar surface area (TPSA) is 71.5 Å². The van der Waals surface area contributed by atoms with Crippen LogP contribution in [0, 0.1) is 11.8 Å². The van der Waals surface area contributed by atoms with Gasteiger partial charge in [-0.05, 0) is 25.0 Å². The van der Waals surface area contributed by atoms with Gasteiger partial charge in [-0.2, -0.15) is 0 Å². The molecule has 0 unspecified atom stereocenters. The highest BCUT2D eigenvalue weighted by Crippen LogP contribution is 2.34. The van der Waals surface area contributed by atoms with Gasteiger partial charge in [-0.1, -0.05) is 6.07 Å². The number of nitrogens with one attached hydrogen (secondary N) is 1. The zero-order valence-electron chi connectivity index (χ0n) is 13.1. The van der Waals surface area contributed by atoms with Crippen molar-refractivity contribution in [1.82, 2.24) is 14.6 Å². The van der Waals surface area contributed by atoms with Gasteiger partial charge in [-0.15, -0.1) is 0 Å². The third-order valence-electron chi connectivity index (χ3n) is 5.14. The fraction of sp³-hybridized carbons (Fsp3) is 0.688. The van der Waals surface area contributed by atoms with E-state index in [0.29, 0.717) is 19.1 Å². The van der Waals surface area contributed by atoms with E-state index in [1.54, 1.807) is 0 Å². The van der Waals surface area contributed by atoms with Crippen LogP contribution in [0.15, 0.2) is 24.4 Å². The maximum Gasteiger partial charge on any atom is 0.214 e. The number of hydrogen-bond acceptors (Lipinski definition) is 5. The van der Waals surface area contributed by atoms with E-state index < -0.39 is 10.0 Å². The normalized spacial score (nSPS) is 31.4. The Hall–Kier alpha value is -1.02. The molecule has 126 valence electrons. The summed E-state index contributed by atoms with van der Waals surface area (Å²) >= 11 is 0. The lowest BCUT2D eigenvalue weighted by molar-refractivity contribution is 0.0940. The molecule has 0 amide bonds. The molecule has 1 aliphatic carbocycles. The molecule has 0 radical (unpaired) electrons. The molecule has 4 rings (SSSR count). The second-order valence-electron chi connectivity index (χ2n) is 6.90. The van der Waals surface area contributed by atoms with Gasteiger partial charge in [0.1, 0.15) is 0 Å². The summed E-state index contributed by atoms with van der Waals surface area (Å²) in [7, 11) is -3.09. The Morgan fingerprint density at radius 3 is 2.91 bits per heavy atom. The number of ether oxygens (including phenoxy) is 1. The zero-order chi connectivity index (χ0) is 15.9. The summed E-state index contributed by atoms with van der Waals surface area (Å²) in [4.78, 5) is 6.74. The van der Waals surface area contributed by atoms with E-state index in [9.17, 15) is 8.42 Å². The Morgan fingerprint density at radius 1 is 1.30 bits per heavy atom. The second kappa shape index (κ2) is 6.12. The Morgan fingerprint density at radius 2 is 2.17 bits per heavy atom. The van der Waals surface area contributed by atoms with Gasteiger partial charge in [0.25, 0.3) is 0 Å². The van der Waals surface area contributed by atoms with Crippen LogP contribution in [-0.2, 0) is 21.3 Å². The Bertz CT molecular complexity index is 648. The summed E-state index contributed by atoms with van der Waals surface area (Å²) in [5.41, 5.74) is 1.07. The van der Waals surface area contributed by atoms with Gasteiger partial charge in [0.2, 0.25) is 10.0 Å². The number of hydrogen-bond donors (Lipinski definition) is 1. The fourth-order valence-electron chi connectivity index (χ4n) is 3.66. The summed E-state index contributed by atoms with van der Waals surface area (Å²) in [6.07, 6.45) is 3.66. The predicted octanol–water partition coefficient (Wildman–Crippen LogP) is 0.610. The molecule has 3 atom stereocenters. The third-order valence-corrected chi connectivity index (χ3v) is 7.05. The van der Waals surface area contributed by atoms with Crippen molar-refractivity contribution >= 4 is 10.0 Å². The number of nitrogens with zero attached hydrogens (tertiary/aromatic N) is 2. The number of rotatable bonds is 6. The molecule has 1 N–H and O–H groups in total. The highest BCUT2D eigenvalue weighted by molar-refractivity contribution is 7.90. The van der Waals surface area contributed by atoms with Crippen LogP contribution in [0.2, 0.25) is 0 Å². The van der Waals surface area contributed by atoms with Crippen LogP contribution in [0.4, 0.5) is 0 Å². The summed E-state index contributed by atoms with van der Waals surface area (Å²) in [6.45, 7) is 3.87. The summed E-state index contributed by atoms with van der Waals surface area (Å²) in [6, 6.07) is 5.97. The highest BCUT2D eigenvalue weighted by Gasteiger charge is 2.44. The Kier molecular flexibility index (Phi) is 4.13. The first-order chi connectivity index (χ1) is 11.1. The van der Waals surface area contributed by atoms with Gasteiger partial charge >= 0.3 is 0 Å². The van der Waals surface area contributed by atoms with Gasteiger partial charge in [-0.25, -0.2) is 13.1 Å². The van der Waals surface area contributed by atoms with Crippen molar-refractivity contribution in [2.75, 3.05) is 26.2 Å². The minimum absolute atomic E-state index is 0.148. The molecule has 1 saturated carbocycles. The first-order valence-corrected chi connectivity index (χ1v) is 9.89. The van der Waals surface area contributed by atoms with Crippen molar-refractivity contribution in [3.8, 4) is 0 Å². The summed E-state index contributed by atoms with van der Waals surface area (Å²) in [5.74, 6) is 0.697. The predicted molar refractivity (Wildman–Crippen MR) is 86.2 cm³/mol. The largest absolute Gasteiger partial charge is 0.376 e. The highest BCUT2D eigenvalue weighted by atomic mass is 32.2. The van der Waals surface area contributed by atoms with Gasteiger partial charge < -0.3 is 4.74 Å². The lowest BCUT2D eigenvalue weighted by atomic mass is 9.93. The van der Waals surface area contributed by atoms with Gasteiger partial charge in [0, 0.05) is 44.2 Å². The van der Waals surface area contributed by atoms with Crippen LogP contribution in [0.25, 0.3) is 0 Å². The smallest absolute Gasteiger partial charge is 0.214 e. The monoisotopic (exact) mass is 337 g/mol. The molecule has 6 nitrogen and oxygen atoms in total. The zero-order valence-corrected chi connectivity index (χ0v) is 13.9. The van der Waals surface area contributed by atoms with E-state index >= 15 is 0 Å². The van der Waals surface area contributed by atoms with Crippen LogP contribution >= 0.6 is 0 Å². The number of aromatic nitrogens is 1. The SMILES string of the molecule is O=S(=O)(NC[C@H]1CO[C@@H]2CN(Cc3ccccn3)C[C@H]12)C1CC1. The van der Waals surface area contributed by atoms with Gasteiger partial charge in [0.15, 0.2) is 0 Å². The molecular formula is C16H23N3O3S. The molecule has 0 aromatic carbocycles. The van der Waals surface area contributed by atoms with Crippen LogP contribution in [0.5, 0.6) is 0 Å². The van der Waals surface area contributed by atoms with E-state index in [4.69, 9.17) is 4.74 Å². The average molecular weight is 337 g/mol. The standard InChI is InChI=1S/C16H23N3O3S/c20-23(21,14-4-5-14)18-7-12-11-22-16-10-19(9-15(12)16)8-13-3-1-2-6-17-13/h1-3,6,12,14-16,18H,4-5,7-11H2/t12-,15+,16+/m0/s1. The number of pyridine rings is 1. The van der Waals surface area contributed by atoms with Crippen molar-refractivity contribution < 1.29 is 13.2 Å². The Labute approximate surface area is 137 Å². The van der Waals surface area contributed by atoms with Crippen LogP contribution < -0.4 is 4.72 Å². The molecule has 1 aromatic rings. The lowest BCUT2D eigenvalue weighted by Gasteiger charge is -2.19. The molecule has 2 saturated heterocycles. The number of sulfonamides is 1. The molecule has 3 fully saturated rings. The van der Waals surface area contributed by atoms with Crippen LogP contribution in [0.1, 0.15) is 18.5 Å². The third kappa shape index (κ3) is 3.42. The fourth-order valence-corrected chi connectivity index (χ4v) is 5.10. The molecular weight excluding hydrogens is 314 g/mol. The quantitative estimate of drug-likeness (QED) is 0.823. The van der Waals surface area contributed by atoms with Crippen LogP contribution in [0.3, 0.4) is 0 Å². The summed E-state index contributed by atoms with van der Waals surface area (Å²) < 4.78 is 32.7. The lowest BCUT2D eigenvalue weighted by Crippen LogP contribution is -2.35. The first kappa shape index (κ1) is 15.5. The molecule has 23 heavy (non-hydrogen) atoms. The van der Waals surface area contributed by atoms with Gasteiger partial charge in [-0.3, -0.25) is 9.88 Å². The van der Waals surface area contributed by atoms with E-state index in [1.807, 2.05) is 24.4 Å². The van der Waals surface area contributed by atoms with Crippen molar-refractivity contribution in [1.29, 1.82) is 0 Å². The maximum absolute atomic E-state index is 12.0. The summed E-state index contributed by atoms with van der Waals surface area (Å²) in [5, 5.41) is -0.148. The van der Waals surface area contributed by atoms with Crippen molar-refractivity contribution in [2.45, 2.75) is 30.7 Å². The molecule has 0 spiro atoms. The second-order valence-corrected chi connectivity index (χ2v) is 8.95. The number of likely N-dealkylation sites (tertiary alicyclic amines) is 1. The minimum atomic E-state index is -3.09. The van der Waals surface area contributed by atoms with E-state index in [-0.39, 0.29) is 17.3 Å². The average Bonchev–Trinajstić information content (AvgIpc) is 3.24. The number of fused-ring (bicyclic) bond motifs is 1. The minimum Gasteiger partial charge on any atom is -0.376 e. The molecule has 3 heterocycles. The van der Waals surface area contributed by atoms with E-state index in [0.717, 1.165) is 38.2 Å². The Balaban J connectivity index is 1.32. The van der Waals surface area contributed by atoms with Crippen molar-refractivity contribution in [3.05, 3.63) is 30.1 Å². The molecule has 0 bridgehead atoms. The molecule has 7 heteroatoms. The molecule has 2 aliphatic heterocycles. The molecule has 1 aromatic heterocycles.